The van der Waals surface area contributed by atoms with E-state index >= 15 is 0 Å². The maximum absolute atomic E-state index is 12.9. The van der Waals surface area contributed by atoms with Crippen LogP contribution in [0.5, 0.6) is 0 Å². The Balaban J connectivity index is 1.28. The quantitative estimate of drug-likeness (QED) is 0.110. The molecule has 0 radical (unpaired) electrons. The summed E-state index contributed by atoms with van der Waals surface area (Å²) in [5.74, 6) is -2.18. The number of amides is 4. The fourth-order valence-electron chi connectivity index (χ4n) is 4.62. The van der Waals surface area contributed by atoms with Crippen molar-refractivity contribution in [3.8, 4) is 11.1 Å². The first-order valence-electron chi connectivity index (χ1n) is 12.7. The van der Waals surface area contributed by atoms with E-state index in [1.54, 1.807) is 12.1 Å². The predicted octanol–water partition coefficient (Wildman–Crippen LogP) is 2.04. The maximum atomic E-state index is 12.9. The van der Waals surface area contributed by atoms with Crippen LogP contribution >= 0.6 is 0 Å². The summed E-state index contributed by atoms with van der Waals surface area (Å²) in [5.41, 5.74) is 14.9. The molecular weight excluding hydrogens is 530 g/mol. The summed E-state index contributed by atoms with van der Waals surface area (Å²) in [7, 11) is 0. The van der Waals surface area contributed by atoms with Crippen molar-refractivity contribution >= 4 is 29.8 Å². The number of hydrazine groups is 1. The van der Waals surface area contributed by atoms with Crippen molar-refractivity contribution in [3.63, 3.8) is 0 Å². The Morgan fingerprint density at radius 3 is 2.07 bits per heavy atom. The molecule has 3 aromatic carbocycles. The van der Waals surface area contributed by atoms with E-state index in [1.165, 1.54) is 12.1 Å². The Hall–Kier alpha value is -5.23. The van der Waals surface area contributed by atoms with Gasteiger partial charge in [-0.1, -0.05) is 72.8 Å². The molecule has 1 aliphatic carbocycles. The number of hydrogen-bond acceptors (Lipinski definition) is 7. The Bertz CT molecular complexity index is 1410. The summed E-state index contributed by atoms with van der Waals surface area (Å²) in [6, 6.07) is 21.1. The molecule has 0 unspecified atom stereocenters. The van der Waals surface area contributed by atoms with Gasteiger partial charge in [0.05, 0.1) is 0 Å². The largest absolute Gasteiger partial charge is 0.465 e. The van der Waals surface area contributed by atoms with Crippen molar-refractivity contribution in [1.29, 1.82) is 0 Å². The minimum atomic E-state index is -1.43. The molecule has 4 amide bonds. The number of primary amides is 1. The lowest BCUT2D eigenvalue weighted by Gasteiger charge is -2.17. The van der Waals surface area contributed by atoms with Gasteiger partial charge < -0.3 is 26.2 Å². The van der Waals surface area contributed by atoms with E-state index < -0.39 is 42.2 Å². The summed E-state index contributed by atoms with van der Waals surface area (Å²) < 4.78 is 5.54. The second-order valence-electron chi connectivity index (χ2n) is 9.31. The Kier molecular flexibility index (Phi) is 9.28. The number of carboxylic acid groups (broad SMARTS) is 1. The minimum Gasteiger partial charge on any atom is -0.465 e. The first-order valence-corrected chi connectivity index (χ1v) is 12.7. The van der Waals surface area contributed by atoms with Crippen LogP contribution in [0.2, 0.25) is 0 Å². The van der Waals surface area contributed by atoms with Gasteiger partial charge in [-0.2, -0.15) is 0 Å². The minimum absolute atomic E-state index is 0.0585. The zero-order valence-corrected chi connectivity index (χ0v) is 21.9. The van der Waals surface area contributed by atoms with Crippen molar-refractivity contribution in [2.75, 3.05) is 13.2 Å². The molecule has 1 aliphatic rings. The van der Waals surface area contributed by atoms with E-state index in [0.29, 0.717) is 5.56 Å². The highest BCUT2D eigenvalue weighted by molar-refractivity contribution is 6.01. The fraction of sp³-hybridized carbons (Fsp3) is 0.207. The molecule has 0 bridgehead atoms. The number of hydrogen-bond donors (Lipinski definition) is 6. The summed E-state index contributed by atoms with van der Waals surface area (Å²) in [4.78, 5) is 58.8. The van der Waals surface area contributed by atoms with E-state index in [2.05, 4.69) is 33.6 Å². The van der Waals surface area contributed by atoms with Gasteiger partial charge in [-0.3, -0.25) is 19.8 Å². The first-order chi connectivity index (χ1) is 19.7. The molecule has 4 rings (SSSR count). The summed E-state index contributed by atoms with van der Waals surface area (Å²) >= 11 is 0. The average molecular weight is 560 g/mol. The van der Waals surface area contributed by atoms with Crippen LogP contribution in [0.3, 0.4) is 0 Å². The van der Waals surface area contributed by atoms with Crippen LogP contribution in [0, 0.1) is 0 Å². The number of benzene rings is 3. The Morgan fingerprint density at radius 1 is 0.878 bits per heavy atom. The number of carbonyl (C=O) groups is 5. The van der Waals surface area contributed by atoms with Crippen LogP contribution in [-0.4, -0.2) is 54.1 Å². The molecule has 0 fully saturated rings. The third-order valence-corrected chi connectivity index (χ3v) is 6.50. The number of nitrogens with two attached hydrogens (primary N) is 1. The molecule has 0 saturated carbocycles. The molecule has 0 saturated heterocycles. The summed E-state index contributed by atoms with van der Waals surface area (Å²) in [6.07, 6.45) is -2.58. The van der Waals surface area contributed by atoms with Gasteiger partial charge in [-0.05, 0) is 27.8 Å². The second-order valence-corrected chi connectivity index (χ2v) is 9.31. The van der Waals surface area contributed by atoms with Crippen LogP contribution in [-0.2, 0) is 20.9 Å². The lowest BCUT2D eigenvalue weighted by atomic mass is 9.98. The maximum Gasteiger partial charge on any atom is 0.407 e. The number of nitrogens with one attached hydrogen (secondary N) is 4. The Morgan fingerprint density at radius 2 is 1.49 bits per heavy atom. The molecule has 12 heteroatoms. The van der Waals surface area contributed by atoms with Crippen molar-refractivity contribution in [3.05, 3.63) is 95.1 Å². The lowest BCUT2D eigenvalue weighted by molar-refractivity contribution is -0.128. The van der Waals surface area contributed by atoms with E-state index in [-0.39, 0.29) is 31.2 Å². The number of Topliss-reactive ketones (excluding diaryl/α,β-unsaturated/α-hetero) is 1. The highest BCUT2D eigenvalue weighted by atomic mass is 16.5. The molecule has 0 aliphatic heterocycles. The topological polar surface area (TPSA) is 189 Å². The van der Waals surface area contributed by atoms with Crippen LogP contribution < -0.4 is 27.2 Å². The molecule has 12 nitrogen and oxygen atoms in total. The number of alkyl carbamates (subject to hydrolysis) is 1. The molecule has 3 aromatic rings. The van der Waals surface area contributed by atoms with Crippen LogP contribution in [0.15, 0.2) is 72.8 Å². The number of ether oxygens (including phenoxy) is 1. The predicted molar refractivity (Wildman–Crippen MR) is 148 cm³/mol. The van der Waals surface area contributed by atoms with Gasteiger partial charge in [0, 0.05) is 24.6 Å². The third-order valence-electron chi connectivity index (χ3n) is 6.50. The van der Waals surface area contributed by atoms with Gasteiger partial charge in [0.2, 0.25) is 11.8 Å². The summed E-state index contributed by atoms with van der Waals surface area (Å²) in [6.45, 7) is 0.0540. The van der Waals surface area contributed by atoms with Crippen LogP contribution in [0.4, 0.5) is 9.59 Å². The van der Waals surface area contributed by atoms with E-state index in [9.17, 15) is 24.0 Å². The van der Waals surface area contributed by atoms with Gasteiger partial charge in [0.1, 0.15) is 19.1 Å². The monoisotopic (exact) mass is 559 g/mol. The first kappa shape index (κ1) is 28.8. The van der Waals surface area contributed by atoms with Crippen molar-refractivity contribution in [2.24, 2.45) is 5.73 Å². The van der Waals surface area contributed by atoms with E-state index in [0.717, 1.165) is 22.3 Å². The lowest BCUT2D eigenvalue weighted by Crippen LogP contribution is -2.51. The number of rotatable bonds is 12. The van der Waals surface area contributed by atoms with Gasteiger partial charge in [-0.25, -0.2) is 15.0 Å². The standard InChI is InChI=1S/C29H29N5O7/c30-25(35)13-26(36)34-32-15-24(33-28(38)39)27(37)18-11-9-17(10-12-18)14-31-29(40)41-16-23-21-7-3-1-5-19(21)20-6-2-4-8-22(20)23/h1-12,23-24,32-33H,13-16H2,(H2,30,35)(H,31,40)(H,34,36)(H,38,39)/t24-/m0/s1. The molecule has 212 valence electrons. The second kappa shape index (κ2) is 13.2. The Labute approximate surface area is 235 Å². The zero-order chi connectivity index (χ0) is 29.4. The molecule has 1 atom stereocenters. The smallest absolute Gasteiger partial charge is 0.407 e. The van der Waals surface area contributed by atoms with Gasteiger partial charge in [0.15, 0.2) is 5.78 Å². The number of fused-ring (bicyclic) bond motifs is 3. The third kappa shape index (κ3) is 7.46. The molecule has 7 N–H and O–H groups in total. The van der Waals surface area contributed by atoms with Gasteiger partial charge >= 0.3 is 12.2 Å². The summed E-state index contributed by atoms with van der Waals surface area (Å²) in [5, 5.41) is 13.9. The zero-order valence-electron chi connectivity index (χ0n) is 21.9. The van der Waals surface area contributed by atoms with Crippen molar-refractivity contribution < 1.29 is 33.8 Å². The molecular formula is C29H29N5O7. The molecule has 41 heavy (non-hydrogen) atoms. The number of carbonyl (C=O) groups excluding carboxylic acids is 4. The normalized spacial score (nSPS) is 12.4. The van der Waals surface area contributed by atoms with Crippen LogP contribution in [0.25, 0.3) is 11.1 Å². The molecule has 0 aromatic heterocycles. The van der Waals surface area contributed by atoms with Crippen LogP contribution in [0.1, 0.15) is 39.4 Å². The van der Waals surface area contributed by atoms with Crippen molar-refractivity contribution in [1.82, 2.24) is 21.5 Å². The SMILES string of the molecule is NC(=O)CC(=O)NNC[C@H](NC(=O)O)C(=O)c1ccc(CNC(=O)OCC2c3ccccc3-c3ccccc32)cc1. The molecule has 0 spiro atoms. The van der Waals surface area contributed by atoms with Gasteiger partial charge in [0.25, 0.3) is 0 Å². The average Bonchev–Trinajstić information content (AvgIpc) is 3.27. The molecule has 0 heterocycles. The fourth-order valence-corrected chi connectivity index (χ4v) is 4.62. The van der Waals surface area contributed by atoms with E-state index in [1.807, 2.05) is 36.4 Å². The van der Waals surface area contributed by atoms with Gasteiger partial charge in [-0.15, -0.1) is 0 Å². The number of ketones is 1. The van der Waals surface area contributed by atoms with Crippen molar-refractivity contribution in [2.45, 2.75) is 24.9 Å². The highest BCUT2D eigenvalue weighted by Crippen LogP contribution is 2.44. The highest BCUT2D eigenvalue weighted by Gasteiger charge is 2.29. The van der Waals surface area contributed by atoms with E-state index in [4.69, 9.17) is 15.6 Å².